The van der Waals surface area contributed by atoms with Gasteiger partial charge in [0.25, 0.3) is 5.56 Å². The van der Waals surface area contributed by atoms with Crippen molar-refractivity contribution in [1.82, 2.24) is 14.3 Å². The maximum Gasteiger partial charge on any atom is 0.328 e. The Bertz CT molecular complexity index is 1130. The summed E-state index contributed by atoms with van der Waals surface area (Å²) in [5, 5.41) is 0.378. The van der Waals surface area contributed by atoms with Gasteiger partial charge in [-0.05, 0) is 31.2 Å². The van der Waals surface area contributed by atoms with E-state index >= 15 is 0 Å². The summed E-state index contributed by atoms with van der Waals surface area (Å²) >= 11 is 0. The highest BCUT2D eigenvalue weighted by Crippen LogP contribution is 2.09. The van der Waals surface area contributed by atoms with Gasteiger partial charge in [-0.15, -0.1) is 0 Å². The van der Waals surface area contributed by atoms with Crippen molar-refractivity contribution >= 4 is 20.9 Å². The van der Waals surface area contributed by atoms with Gasteiger partial charge in [0.1, 0.15) is 0 Å². The molecule has 3 rings (SSSR count). The van der Waals surface area contributed by atoms with Gasteiger partial charge in [-0.2, -0.15) is 0 Å². The number of hydrogen-bond acceptors (Lipinski definition) is 4. The number of nitrogens with one attached hydrogen (secondary N) is 2. The van der Waals surface area contributed by atoms with Crippen molar-refractivity contribution in [3.05, 3.63) is 74.9 Å². The molecule has 7 nitrogen and oxygen atoms in total. The standard InChI is InChI=1S/C17H17N3O4S/c1-12-6-8-13(9-7-12)25(23,24)18-10-11-20-16(21)14-4-2-3-5-15(14)19-17(20)22/h2-9,18H,10-11H2,1H3,(H,19,22). The second kappa shape index (κ2) is 6.66. The van der Waals surface area contributed by atoms with E-state index in [4.69, 9.17) is 0 Å². The van der Waals surface area contributed by atoms with Crippen molar-refractivity contribution in [1.29, 1.82) is 0 Å². The summed E-state index contributed by atoms with van der Waals surface area (Å²) in [7, 11) is -3.69. The normalized spacial score (nSPS) is 11.7. The summed E-state index contributed by atoms with van der Waals surface area (Å²) in [5.41, 5.74) is 0.384. The predicted molar refractivity (Wildman–Crippen MR) is 95.2 cm³/mol. The van der Waals surface area contributed by atoms with E-state index in [0.717, 1.165) is 10.1 Å². The molecule has 0 bridgehead atoms. The largest absolute Gasteiger partial charge is 0.328 e. The highest BCUT2D eigenvalue weighted by molar-refractivity contribution is 7.89. The Labute approximate surface area is 144 Å². The summed E-state index contributed by atoms with van der Waals surface area (Å²) in [6, 6.07) is 13.1. The van der Waals surface area contributed by atoms with Crippen molar-refractivity contribution in [2.24, 2.45) is 0 Å². The molecular weight excluding hydrogens is 342 g/mol. The quantitative estimate of drug-likeness (QED) is 0.709. The average molecular weight is 359 g/mol. The van der Waals surface area contributed by atoms with Crippen LogP contribution in [0.4, 0.5) is 0 Å². The molecule has 0 spiro atoms. The van der Waals surface area contributed by atoms with Crippen LogP contribution in [0.1, 0.15) is 5.56 Å². The minimum absolute atomic E-state index is 0.0654. The van der Waals surface area contributed by atoms with Gasteiger partial charge in [0.05, 0.1) is 15.8 Å². The van der Waals surface area contributed by atoms with Crippen LogP contribution in [0.3, 0.4) is 0 Å². The fourth-order valence-electron chi connectivity index (χ4n) is 2.49. The number of para-hydroxylation sites is 1. The minimum Gasteiger partial charge on any atom is -0.307 e. The molecule has 0 saturated heterocycles. The zero-order chi connectivity index (χ0) is 18.0. The topological polar surface area (TPSA) is 101 Å². The summed E-state index contributed by atoms with van der Waals surface area (Å²) in [6.07, 6.45) is 0. The number of benzene rings is 2. The van der Waals surface area contributed by atoms with Crippen LogP contribution in [0.2, 0.25) is 0 Å². The second-order valence-electron chi connectivity index (χ2n) is 5.64. The van der Waals surface area contributed by atoms with E-state index in [1.165, 1.54) is 12.1 Å². The minimum atomic E-state index is -3.69. The van der Waals surface area contributed by atoms with Crippen LogP contribution in [-0.4, -0.2) is 24.5 Å². The molecule has 8 heteroatoms. The zero-order valence-electron chi connectivity index (χ0n) is 13.5. The average Bonchev–Trinajstić information content (AvgIpc) is 2.58. The van der Waals surface area contributed by atoms with Gasteiger partial charge < -0.3 is 4.98 Å². The van der Waals surface area contributed by atoms with Gasteiger partial charge >= 0.3 is 5.69 Å². The number of aryl methyl sites for hydroxylation is 1. The summed E-state index contributed by atoms with van der Waals surface area (Å²) in [5.74, 6) is 0. The number of H-pyrrole nitrogens is 1. The van der Waals surface area contributed by atoms with Crippen molar-refractivity contribution < 1.29 is 8.42 Å². The summed E-state index contributed by atoms with van der Waals surface area (Å²) < 4.78 is 27.9. The zero-order valence-corrected chi connectivity index (χ0v) is 14.3. The van der Waals surface area contributed by atoms with Gasteiger partial charge in [-0.3, -0.25) is 9.36 Å². The van der Waals surface area contributed by atoms with Crippen LogP contribution in [0.15, 0.2) is 63.0 Å². The van der Waals surface area contributed by atoms with Gasteiger partial charge in [0, 0.05) is 13.1 Å². The fourth-order valence-corrected chi connectivity index (χ4v) is 3.52. The van der Waals surface area contributed by atoms with E-state index < -0.39 is 21.3 Å². The molecule has 3 aromatic rings. The number of hydrogen-bond donors (Lipinski definition) is 2. The van der Waals surface area contributed by atoms with Crippen molar-refractivity contribution in [2.45, 2.75) is 18.4 Å². The lowest BCUT2D eigenvalue weighted by Gasteiger charge is -2.09. The molecule has 2 N–H and O–H groups in total. The SMILES string of the molecule is Cc1ccc(S(=O)(=O)NCCn2c(=O)[nH]c3ccccc3c2=O)cc1. The number of fused-ring (bicyclic) bond motifs is 1. The molecule has 1 aromatic heterocycles. The van der Waals surface area contributed by atoms with Crippen LogP contribution in [0.5, 0.6) is 0 Å². The molecule has 1 heterocycles. The Kier molecular flexibility index (Phi) is 4.56. The molecular formula is C17H17N3O4S. The molecule has 0 unspecified atom stereocenters. The van der Waals surface area contributed by atoms with Crippen LogP contribution >= 0.6 is 0 Å². The molecule has 0 saturated carbocycles. The number of nitrogens with zero attached hydrogens (tertiary/aromatic N) is 1. The number of sulfonamides is 1. The molecule has 25 heavy (non-hydrogen) atoms. The van der Waals surface area contributed by atoms with Crippen molar-refractivity contribution in [3.8, 4) is 0 Å². The molecule has 0 amide bonds. The third-order valence-electron chi connectivity index (χ3n) is 3.85. The highest BCUT2D eigenvalue weighted by Gasteiger charge is 2.14. The Hall–Kier alpha value is -2.71. The first-order valence-corrected chi connectivity index (χ1v) is 9.15. The summed E-state index contributed by atoms with van der Waals surface area (Å²) in [4.78, 5) is 27.2. The maximum atomic E-state index is 12.4. The number of aromatic amines is 1. The Morgan fingerprint density at radius 1 is 1.04 bits per heavy atom. The smallest absolute Gasteiger partial charge is 0.307 e. The Morgan fingerprint density at radius 2 is 1.72 bits per heavy atom. The van der Waals surface area contributed by atoms with E-state index in [0.29, 0.717) is 10.9 Å². The third-order valence-corrected chi connectivity index (χ3v) is 5.33. The molecule has 0 atom stereocenters. The molecule has 2 aromatic carbocycles. The molecule has 0 aliphatic heterocycles. The lowest BCUT2D eigenvalue weighted by atomic mass is 10.2. The lowest BCUT2D eigenvalue weighted by Crippen LogP contribution is -2.39. The lowest BCUT2D eigenvalue weighted by molar-refractivity contribution is 0.566. The number of rotatable bonds is 5. The van der Waals surface area contributed by atoms with Crippen LogP contribution in [0.25, 0.3) is 10.9 Å². The monoisotopic (exact) mass is 359 g/mol. The molecule has 130 valence electrons. The third kappa shape index (κ3) is 3.54. The van der Waals surface area contributed by atoms with Crippen molar-refractivity contribution in [3.63, 3.8) is 0 Å². The Morgan fingerprint density at radius 3 is 2.44 bits per heavy atom. The first-order chi connectivity index (χ1) is 11.9. The molecule has 0 radical (unpaired) electrons. The first-order valence-electron chi connectivity index (χ1n) is 7.67. The summed E-state index contributed by atoms with van der Waals surface area (Å²) in [6.45, 7) is 1.73. The maximum absolute atomic E-state index is 12.4. The molecule has 0 aliphatic rings. The van der Waals surface area contributed by atoms with Gasteiger partial charge in [-0.1, -0.05) is 29.8 Å². The van der Waals surface area contributed by atoms with Crippen LogP contribution in [-0.2, 0) is 16.6 Å². The van der Waals surface area contributed by atoms with E-state index in [1.807, 2.05) is 6.92 Å². The number of aromatic nitrogens is 2. The van der Waals surface area contributed by atoms with E-state index in [2.05, 4.69) is 9.71 Å². The fraction of sp³-hybridized carbons (Fsp3) is 0.176. The van der Waals surface area contributed by atoms with E-state index in [1.54, 1.807) is 36.4 Å². The van der Waals surface area contributed by atoms with E-state index in [-0.39, 0.29) is 18.0 Å². The van der Waals surface area contributed by atoms with Gasteiger partial charge in [0.2, 0.25) is 10.0 Å². The molecule has 0 aliphatic carbocycles. The van der Waals surface area contributed by atoms with Crippen molar-refractivity contribution in [2.75, 3.05) is 6.54 Å². The van der Waals surface area contributed by atoms with E-state index in [9.17, 15) is 18.0 Å². The highest BCUT2D eigenvalue weighted by atomic mass is 32.2. The second-order valence-corrected chi connectivity index (χ2v) is 7.41. The Balaban J connectivity index is 1.80. The van der Waals surface area contributed by atoms with Gasteiger partial charge in [-0.25, -0.2) is 17.9 Å². The van der Waals surface area contributed by atoms with Gasteiger partial charge in [0.15, 0.2) is 0 Å². The van der Waals surface area contributed by atoms with Crippen LogP contribution < -0.4 is 16.0 Å². The first kappa shape index (κ1) is 17.1. The predicted octanol–water partition coefficient (Wildman–Crippen LogP) is 0.977. The molecule has 0 fully saturated rings. The van der Waals surface area contributed by atoms with Crippen LogP contribution in [0, 0.1) is 6.92 Å².